The van der Waals surface area contributed by atoms with E-state index >= 15 is 0 Å². The highest BCUT2D eigenvalue weighted by molar-refractivity contribution is 7.92. The van der Waals surface area contributed by atoms with Crippen LogP contribution in [0.2, 0.25) is 0 Å². The largest absolute Gasteiger partial charge is 0.355 e. The molecule has 6 nitrogen and oxygen atoms in total. The number of fused-ring (bicyclic) bond motifs is 1. The van der Waals surface area contributed by atoms with Crippen LogP contribution < -0.4 is 9.62 Å². The smallest absolute Gasteiger partial charge is 0.236 e. The maximum atomic E-state index is 12.8. The molecule has 2 aromatic carbocycles. The second kappa shape index (κ2) is 8.80. The molecule has 1 aliphatic rings. The van der Waals surface area contributed by atoms with Gasteiger partial charge in [-0.15, -0.1) is 11.3 Å². The first-order valence-electron chi connectivity index (χ1n) is 10.2. The first-order valence-corrected chi connectivity index (χ1v) is 12.6. The van der Waals surface area contributed by atoms with Gasteiger partial charge in [-0.1, -0.05) is 48.0 Å². The number of amides is 1. The summed E-state index contributed by atoms with van der Waals surface area (Å²) in [7, 11) is -3.48. The predicted octanol–water partition coefficient (Wildman–Crippen LogP) is 3.48. The van der Waals surface area contributed by atoms with Crippen molar-refractivity contribution in [2.45, 2.75) is 26.7 Å². The summed E-state index contributed by atoms with van der Waals surface area (Å²) < 4.78 is 27.0. The molecule has 1 aromatic heterocycles. The van der Waals surface area contributed by atoms with Crippen LogP contribution in [-0.2, 0) is 27.7 Å². The highest BCUT2D eigenvalue weighted by Gasteiger charge is 2.28. The summed E-state index contributed by atoms with van der Waals surface area (Å²) in [4.78, 5) is 18.0. The van der Waals surface area contributed by atoms with Gasteiger partial charge in [0.05, 0.1) is 28.6 Å². The van der Waals surface area contributed by atoms with Gasteiger partial charge in [-0.2, -0.15) is 0 Å². The molecule has 1 N–H and O–H groups in total. The number of nitrogens with zero attached hydrogens (tertiary/aromatic N) is 2. The summed E-state index contributed by atoms with van der Waals surface area (Å²) in [5, 5.41) is 3.66. The number of anilines is 1. The lowest BCUT2D eigenvalue weighted by Crippen LogP contribution is -2.37. The van der Waals surface area contributed by atoms with Crippen molar-refractivity contribution in [1.82, 2.24) is 10.3 Å². The van der Waals surface area contributed by atoms with Crippen LogP contribution in [0, 0.1) is 13.8 Å². The van der Waals surface area contributed by atoms with Gasteiger partial charge in [-0.05, 0) is 31.9 Å². The molecule has 0 fully saturated rings. The van der Waals surface area contributed by atoms with Gasteiger partial charge in [0, 0.05) is 23.5 Å². The van der Waals surface area contributed by atoms with Gasteiger partial charge in [0.1, 0.15) is 0 Å². The average Bonchev–Trinajstić information content (AvgIpc) is 3.32. The molecule has 0 radical (unpaired) electrons. The van der Waals surface area contributed by atoms with Gasteiger partial charge in [-0.3, -0.25) is 9.10 Å². The zero-order chi connectivity index (χ0) is 22.0. The highest BCUT2D eigenvalue weighted by Crippen LogP contribution is 2.30. The zero-order valence-electron chi connectivity index (χ0n) is 17.6. The van der Waals surface area contributed by atoms with E-state index in [1.807, 2.05) is 62.4 Å². The summed E-state index contributed by atoms with van der Waals surface area (Å²) in [6, 6.07) is 15.6. The van der Waals surface area contributed by atoms with Gasteiger partial charge in [0.25, 0.3) is 0 Å². The fourth-order valence-electron chi connectivity index (χ4n) is 3.76. The van der Waals surface area contributed by atoms with Crippen molar-refractivity contribution in [2.75, 3.05) is 23.1 Å². The van der Waals surface area contributed by atoms with Crippen LogP contribution in [-0.4, -0.2) is 38.2 Å². The number of benzene rings is 2. The van der Waals surface area contributed by atoms with Gasteiger partial charge in [0.2, 0.25) is 15.9 Å². The molecule has 0 bridgehead atoms. The Morgan fingerprint density at radius 1 is 1.13 bits per heavy atom. The van der Waals surface area contributed by atoms with Crippen molar-refractivity contribution < 1.29 is 13.2 Å². The second-order valence-corrected chi connectivity index (χ2v) is 11.0. The fraction of sp³-hybridized carbons (Fsp3) is 0.304. The molecular weight excluding hydrogens is 430 g/mol. The number of carbonyl (C=O) groups excluding carboxylic acids is 1. The zero-order valence-corrected chi connectivity index (χ0v) is 19.2. The van der Waals surface area contributed by atoms with E-state index < -0.39 is 10.0 Å². The van der Waals surface area contributed by atoms with E-state index in [4.69, 9.17) is 0 Å². The Bertz CT molecular complexity index is 1200. The average molecular weight is 456 g/mol. The minimum Gasteiger partial charge on any atom is -0.355 e. The molecule has 0 spiro atoms. The molecule has 0 saturated carbocycles. The van der Waals surface area contributed by atoms with Crippen LogP contribution >= 0.6 is 11.3 Å². The molecule has 1 aliphatic heterocycles. The normalized spacial score (nSPS) is 13.3. The Balaban J connectivity index is 1.37. The van der Waals surface area contributed by atoms with Gasteiger partial charge in [0.15, 0.2) is 0 Å². The van der Waals surface area contributed by atoms with Crippen molar-refractivity contribution in [1.29, 1.82) is 0 Å². The summed E-state index contributed by atoms with van der Waals surface area (Å²) in [5.41, 5.74) is 4.75. The maximum Gasteiger partial charge on any atom is 0.236 e. The number of aromatic nitrogens is 1. The molecule has 162 valence electrons. The topological polar surface area (TPSA) is 79.4 Å². The van der Waals surface area contributed by atoms with E-state index in [0.717, 1.165) is 38.0 Å². The Labute approximate surface area is 187 Å². The lowest BCUT2D eigenvalue weighted by Gasteiger charge is -2.19. The van der Waals surface area contributed by atoms with Crippen LogP contribution in [0.15, 0.2) is 48.5 Å². The molecule has 4 rings (SSSR count). The molecule has 2 heterocycles. The van der Waals surface area contributed by atoms with E-state index in [2.05, 4.69) is 10.3 Å². The van der Waals surface area contributed by atoms with Gasteiger partial charge < -0.3 is 5.32 Å². The fourth-order valence-corrected chi connectivity index (χ4v) is 6.15. The number of thiazole rings is 1. The standard InChI is InChI=1S/C23H25N3O3S2/c1-16-7-9-19(10-8-16)23-21(30-17(2)25-23)15-22(27)24-12-14-31(28,29)26-13-11-18-5-3-4-6-20(18)26/h3-10H,11-15H2,1-2H3,(H,24,27). The third-order valence-corrected chi connectivity index (χ3v) is 8.05. The van der Waals surface area contributed by atoms with Crippen molar-refractivity contribution >= 4 is 33.0 Å². The summed E-state index contributed by atoms with van der Waals surface area (Å²) in [5.74, 6) is -0.325. The molecule has 0 saturated heterocycles. The number of hydrogen-bond acceptors (Lipinski definition) is 5. The van der Waals surface area contributed by atoms with Crippen molar-refractivity contribution in [3.8, 4) is 11.3 Å². The third kappa shape index (κ3) is 4.80. The molecule has 8 heteroatoms. The SMILES string of the molecule is Cc1ccc(-c2nc(C)sc2CC(=O)NCCS(=O)(=O)N2CCc3ccccc32)cc1. The summed E-state index contributed by atoms with van der Waals surface area (Å²) >= 11 is 1.49. The number of carbonyl (C=O) groups is 1. The molecule has 0 unspecified atom stereocenters. The Hall–Kier alpha value is -2.71. The van der Waals surface area contributed by atoms with E-state index in [0.29, 0.717) is 13.0 Å². The van der Waals surface area contributed by atoms with E-state index in [9.17, 15) is 13.2 Å². The van der Waals surface area contributed by atoms with Crippen LogP contribution in [0.3, 0.4) is 0 Å². The number of rotatable bonds is 7. The number of nitrogens with one attached hydrogen (secondary N) is 1. The first kappa shape index (κ1) is 21.5. The summed E-state index contributed by atoms with van der Waals surface area (Å²) in [6.07, 6.45) is 0.898. The lowest BCUT2D eigenvalue weighted by molar-refractivity contribution is -0.120. The Morgan fingerprint density at radius 3 is 2.65 bits per heavy atom. The van der Waals surface area contributed by atoms with Crippen molar-refractivity contribution in [2.24, 2.45) is 0 Å². The van der Waals surface area contributed by atoms with Crippen LogP contribution in [0.25, 0.3) is 11.3 Å². The number of aryl methyl sites for hydroxylation is 2. The second-order valence-electron chi connectivity index (χ2n) is 7.66. The number of para-hydroxylation sites is 1. The minimum absolute atomic E-state index is 0.0808. The van der Waals surface area contributed by atoms with E-state index in [1.54, 1.807) is 0 Å². The van der Waals surface area contributed by atoms with Crippen LogP contribution in [0.4, 0.5) is 5.69 Å². The van der Waals surface area contributed by atoms with Crippen LogP contribution in [0.1, 0.15) is 21.0 Å². The van der Waals surface area contributed by atoms with E-state index in [1.165, 1.54) is 15.6 Å². The van der Waals surface area contributed by atoms with E-state index in [-0.39, 0.29) is 24.6 Å². The Morgan fingerprint density at radius 2 is 1.87 bits per heavy atom. The van der Waals surface area contributed by atoms with Crippen molar-refractivity contribution in [3.05, 3.63) is 69.5 Å². The molecular formula is C23H25N3O3S2. The number of hydrogen-bond donors (Lipinski definition) is 1. The predicted molar refractivity (Wildman–Crippen MR) is 125 cm³/mol. The lowest BCUT2D eigenvalue weighted by atomic mass is 10.1. The molecule has 31 heavy (non-hydrogen) atoms. The molecule has 0 atom stereocenters. The maximum absolute atomic E-state index is 12.8. The number of sulfonamides is 1. The highest BCUT2D eigenvalue weighted by atomic mass is 32.2. The van der Waals surface area contributed by atoms with Crippen molar-refractivity contribution in [3.63, 3.8) is 0 Å². The molecule has 3 aromatic rings. The quantitative estimate of drug-likeness (QED) is 0.592. The molecule has 0 aliphatic carbocycles. The molecule has 1 amide bonds. The summed E-state index contributed by atoms with van der Waals surface area (Å²) in [6.45, 7) is 4.48. The Kier molecular flexibility index (Phi) is 6.11. The monoisotopic (exact) mass is 455 g/mol. The van der Waals surface area contributed by atoms with Gasteiger partial charge in [-0.25, -0.2) is 13.4 Å². The minimum atomic E-state index is -3.48. The van der Waals surface area contributed by atoms with Crippen LogP contribution in [0.5, 0.6) is 0 Å². The third-order valence-electron chi connectivity index (χ3n) is 5.31. The van der Waals surface area contributed by atoms with Gasteiger partial charge >= 0.3 is 0 Å². The first-order chi connectivity index (χ1) is 14.8.